The van der Waals surface area contributed by atoms with Crippen molar-refractivity contribution in [1.29, 1.82) is 0 Å². The number of H-pyrrole nitrogens is 1. The Labute approximate surface area is 109 Å². The SMILES string of the molecule is CC(C)(C)NC(=O)c1cc2ccc(Br)cc2[nH]1. The number of amides is 1. The maximum atomic E-state index is 12.0. The van der Waals surface area contributed by atoms with Gasteiger partial charge in [0, 0.05) is 20.9 Å². The number of fused-ring (bicyclic) bond motifs is 1. The van der Waals surface area contributed by atoms with Gasteiger partial charge < -0.3 is 10.3 Å². The van der Waals surface area contributed by atoms with Crippen LogP contribution in [-0.2, 0) is 0 Å². The van der Waals surface area contributed by atoms with Gasteiger partial charge in [-0.1, -0.05) is 22.0 Å². The van der Waals surface area contributed by atoms with Crippen molar-refractivity contribution in [3.8, 4) is 0 Å². The number of carbonyl (C=O) groups is 1. The Morgan fingerprint density at radius 1 is 1.29 bits per heavy atom. The highest BCUT2D eigenvalue weighted by Gasteiger charge is 2.16. The monoisotopic (exact) mass is 294 g/mol. The lowest BCUT2D eigenvalue weighted by Crippen LogP contribution is -2.40. The quantitative estimate of drug-likeness (QED) is 0.831. The van der Waals surface area contributed by atoms with Crippen LogP contribution < -0.4 is 5.32 Å². The lowest BCUT2D eigenvalue weighted by Gasteiger charge is -2.19. The Morgan fingerprint density at radius 3 is 2.65 bits per heavy atom. The fourth-order valence-electron chi connectivity index (χ4n) is 1.63. The third kappa shape index (κ3) is 2.88. The molecule has 0 unspecified atom stereocenters. The van der Waals surface area contributed by atoms with Gasteiger partial charge in [-0.3, -0.25) is 4.79 Å². The average molecular weight is 295 g/mol. The van der Waals surface area contributed by atoms with Crippen LogP contribution in [0.1, 0.15) is 31.3 Å². The molecular formula is C13H15BrN2O. The van der Waals surface area contributed by atoms with Crippen LogP contribution >= 0.6 is 15.9 Å². The fourth-order valence-corrected chi connectivity index (χ4v) is 1.99. The van der Waals surface area contributed by atoms with Crippen LogP contribution in [0.15, 0.2) is 28.7 Å². The molecule has 1 amide bonds. The molecule has 90 valence electrons. The van der Waals surface area contributed by atoms with E-state index in [1.54, 1.807) is 0 Å². The zero-order valence-corrected chi connectivity index (χ0v) is 11.7. The number of aromatic nitrogens is 1. The molecule has 0 saturated heterocycles. The van der Waals surface area contributed by atoms with Crippen molar-refractivity contribution in [1.82, 2.24) is 10.3 Å². The number of hydrogen-bond acceptors (Lipinski definition) is 1. The number of hydrogen-bond donors (Lipinski definition) is 2. The summed E-state index contributed by atoms with van der Waals surface area (Å²) in [6.07, 6.45) is 0. The third-order valence-corrected chi connectivity index (χ3v) is 2.81. The summed E-state index contributed by atoms with van der Waals surface area (Å²) in [5, 5.41) is 3.96. The minimum absolute atomic E-state index is 0.0789. The molecule has 0 fully saturated rings. The topological polar surface area (TPSA) is 44.9 Å². The van der Waals surface area contributed by atoms with Crippen LogP contribution in [-0.4, -0.2) is 16.4 Å². The molecule has 0 aliphatic heterocycles. The van der Waals surface area contributed by atoms with E-state index in [0.717, 1.165) is 15.4 Å². The number of benzene rings is 1. The van der Waals surface area contributed by atoms with E-state index in [-0.39, 0.29) is 11.4 Å². The van der Waals surface area contributed by atoms with Crippen LogP contribution in [0.3, 0.4) is 0 Å². The second-order valence-corrected chi connectivity index (χ2v) is 6.03. The fraction of sp³-hybridized carbons (Fsp3) is 0.308. The van der Waals surface area contributed by atoms with E-state index < -0.39 is 0 Å². The summed E-state index contributed by atoms with van der Waals surface area (Å²) in [4.78, 5) is 15.1. The zero-order valence-electron chi connectivity index (χ0n) is 10.1. The zero-order chi connectivity index (χ0) is 12.6. The van der Waals surface area contributed by atoms with Gasteiger partial charge in [0.05, 0.1) is 0 Å². The predicted molar refractivity (Wildman–Crippen MR) is 73.2 cm³/mol. The van der Waals surface area contributed by atoms with Crippen LogP contribution in [0, 0.1) is 0 Å². The normalized spacial score (nSPS) is 11.8. The van der Waals surface area contributed by atoms with Crippen molar-refractivity contribution in [3.63, 3.8) is 0 Å². The van der Waals surface area contributed by atoms with Crippen molar-refractivity contribution < 1.29 is 4.79 Å². The van der Waals surface area contributed by atoms with Gasteiger partial charge in [0.1, 0.15) is 5.69 Å². The van der Waals surface area contributed by atoms with Crippen molar-refractivity contribution in [2.45, 2.75) is 26.3 Å². The van der Waals surface area contributed by atoms with E-state index >= 15 is 0 Å². The number of carbonyl (C=O) groups excluding carboxylic acids is 1. The summed E-state index contributed by atoms with van der Waals surface area (Å²) in [5.41, 5.74) is 1.32. The number of nitrogens with one attached hydrogen (secondary N) is 2. The van der Waals surface area contributed by atoms with E-state index in [0.29, 0.717) is 5.69 Å². The standard InChI is InChI=1S/C13H15BrN2O/c1-13(2,3)16-12(17)11-6-8-4-5-9(14)7-10(8)15-11/h4-7,15H,1-3H3,(H,16,17). The largest absolute Gasteiger partial charge is 0.350 e. The first-order valence-electron chi connectivity index (χ1n) is 5.46. The average Bonchev–Trinajstić information content (AvgIpc) is 2.57. The minimum Gasteiger partial charge on any atom is -0.350 e. The van der Waals surface area contributed by atoms with Crippen molar-refractivity contribution in [2.75, 3.05) is 0 Å². The first kappa shape index (κ1) is 12.2. The molecule has 2 N–H and O–H groups in total. The van der Waals surface area contributed by atoms with Gasteiger partial charge in [-0.05, 0) is 39.0 Å². The summed E-state index contributed by atoms with van der Waals surface area (Å²) < 4.78 is 0.995. The molecule has 1 aromatic carbocycles. The van der Waals surface area contributed by atoms with Gasteiger partial charge in [0.2, 0.25) is 0 Å². The molecule has 0 atom stereocenters. The Bertz CT molecular complexity index is 566. The predicted octanol–water partition coefficient (Wildman–Crippen LogP) is 3.46. The Kier molecular flexibility index (Phi) is 3.00. The Hall–Kier alpha value is -1.29. The molecule has 0 aliphatic rings. The molecule has 17 heavy (non-hydrogen) atoms. The van der Waals surface area contributed by atoms with Crippen LogP contribution in [0.2, 0.25) is 0 Å². The summed E-state index contributed by atoms with van der Waals surface area (Å²) in [5.74, 6) is -0.0789. The second-order valence-electron chi connectivity index (χ2n) is 5.12. The summed E-state index contributed by atoms with van der Waals surface area (Å²) in [6.45, 7) is 5.89. The van der Waals surface area contributed by atoms with Crippen molar-refractivity contribution >= 4 is 32.7 Å². The van der Waals surface area contributed by atoms with Crippen molar-refractivity contribution in [2.24, 2.45) is 0 Å². The van der Waals surface area contributed by atoms with Gasteiger partial charge in [-0.25, -0.2) is 0 Å². The number of aromatic amines is 1. The third-order valence-electron chi connectivity index (χ3n) is 2.32. The van der Waals surface area contributed by atoms with Crippen LogP contribution in [0.4, 0.5) is 0 Å². The highest BCUT2D eigenvalue weighted by atomic mass is 79.9. The van der Waals surface area contributed by atoms with E-state index in [1.807, 2.05) is 45.0 Å². The number of rotatable bonds is 1. The first-order chi connectivity index (χ1) is 7.85. The van der Waals surface area contributed by atoms with E-state index in [2.05, 4.69) is 26.2 Å². The molecule has 1 aromatic heterocycles. The maximum Gasteiger partial charge on any atom is 0.268 e. The van der Waals surface area contributed by atoms with E-state index in [9.17, 15) is 4.79 Å². The first-order valence-corrected chi connectivity index (χ1v) is 6.25. The Morgan fingerprint density at radius 2 is 2.00 bits per heavy atom. The van der Waals surface area contributed by atoms with E-state index in [4.69, 9.17) is 0 Å². The molecule has 1 heterocycles. The maximum absolute atomic E-state index is 12.0. The molecule has 2 aromatic rings. The summed E-state index contributed by atoms with van der Waals surface area (Å²) in [7, 11) is 0. The summed E-state index contributed by atoms with van der Waals surface area (Å²) in [6, 6.07) is 7.76. The Balaban J connectivity index is 2.33. The van der Waals surface area contributed by atoms with Gasteiger partial charge in [0.25, 0.3) is 5.91 Å². The second kappa shape index (κ2) is 4.18. The number of halogens is 1. The lowest BCUT2D eigenvalue weighted by molar-refractivity contribution is 0.0915. The van der Waals surface area contributed by atoms with Crippen molar-refractivity contribution in [3.05, 3.63) is 34.4 Å². The highest BCUT2D eigenvalue weighted by Crippen LogP contribution is 2.20. The smallest absolute Gasteiger partial charge is 0.268 e. The van der Waals surface area contributed by atoms with Gasteiger partial charge in [0.15, 0.2) is 0 Å². The van der Waals surface area contributed by atoms with Gasteiger partial charge in [-0.15, -0.1) is 0 Å². The molecule has 0 spiro atoms. The van der Waals surface area contributed by atoms with Crippen LogP contribution in [0.5, 0.6) is 0 Å². The molecule has 3 nitrogen and oxygen atoms in total. The van der Waals surface area contributed by atoms with E-state index in [1.165, 1.54) is 0 Å². The minimum atomic E-state index is -0.227. The molecule has 0 saturated carbocycles. The van der Waals surface area contributed by atoms with Gasteiger partial charge >= 0.3 is 0 Å². The molecule has 4 heteroatoms. The summed E-state index contributed by atoms with van der Waals surface area (Å²) >= 11 is 3.41. The molecule has 0 bridgehead atoms. The molecule has 0 radical (unpaired) electrons. The van der Waals surface area contributed by atoms with Crippen LogP contribution in [0.25, 0.3) is 10.9 Å². The molecule has 2 rings (SSSR count). The lowest BCUT2D eigenvalue weighted by atomic mass is 10.1. The molecule has 0 aliphatic carbocycles. The highest BCUT2D eigenvalue weighted by molar-refractivity contribution is 9.10. The van der Waals surface area contributed by atoms with Gasteiger partial charge in [-0.2, -0.15) is 0 Å². The molecular weight excluding hydrogens is 280 g/mol.